The van der Waals surface area contributed by atoms with Crippen LogP contribution in [0.5, 0.6) is 0 Å². The number of esters is 2. The van der Waals surface area contributed by atoms with Gasteiger partial charge in [0.05, 0.1) is 0 Å². The molecule has 0 aromatic rings. The highest BCUT2D eigenvalue weighted by Crippen LogP contribution is 2.28. The largest absolute Gasteiger partial charge is 0.422 e. The molecular formula is C13H18O4. The van der Waals surface area contributed by atoms with Crippen molar-refractivity contribution in [3.63, 3.8) is 0 Å². The van der Waals surface area contributed by atoms with Crippen LogP contribution < -0.4 is 0 Å². The molecule has 17 heavy (non-hydrogen) atoms. The van der Waals surface area contributed by atoms with E-state index in [0.717, 1.165) is 37.8 Å². The van der Waals surface area contributed by atoms with Gasteiger partial charge in [-0.2, -0.15) is 0 Å². The lowest BCUT2D eigenvalue weighted by Crippen LogP contribution is -2.32. The molecule has 0 heterocycles. The van der Waals surface area contributed by atoms with Crippen molar-refractivity contribution in [2.45, 2.75) is 38.4 Å². The summed E-state index contributed by atoms with van der Waals surface area (Å²) >= 11 is 0. The van der Waals surface area contributed by atoms with Crippen LogP contribution in [0, 0.1) is 5.92 Å². The molecule has 0 bridgehead atoms. The summed E-state index contributed by atoms with van der Waals surface area (Å²) in [6, 6.07) is 0. The van der Waals surface area contributed by atoms with Gasteiger partial charge in [0.25, 0.3) is 6.29 Å². The summed E-state index contributed by atoms with van der Waals surface area (Å²) < 4.78 is 10.1. The number of carbonyl (C=O) groups is 2. The minimum atomic E-state index is -0.814. The molecule has 94 valence electrons. The molecule has 0 N–H and O–H groups in total. The maximum Gasteiger partial charge on any atom is 0.333 e. The molecule has 1 saturated carbocycles. The van der Waals surface area contributed by atoms with Crippen LogP contribution >= 0.6 is 0 Å². The Morgan fingerprint density at radius 1 is 1.00 bits per heavy atom. The molecule has 0 saturated heterocycles. The van der Waals surface area contributed by atoms with Crippen LogP contribution in [-0.2, 0) is 19.1 Å². The second-order valence-electron chi connectivity index (χ2n) is 4.05. The zero-order valence-electron chi connectivity index (χ0n) is 9.89. The van der Waals surface area contributed by atoms with Gasteiger partial charge in [-0.15, -0.1) is 0 Å². The molecule has 0 aliphatic heterocycles. The van der Waals surface area contributed by atoms with Crippen LogP contribution in [0.15, 0.2) is 25.3 Å². The van der Waals surface area contributed by atoms with Gasteiger partial charge in [-0.3, -0.25) is 0 Å². The first-order valence-electron chi connectivity index (χ1n) is 5.83. The van der Waals surface area contributed by atoms with Gasteiger partial charge >= 0.3 is 11.9 Å². The van der Waals surface area contributed by atoms with Crippen LogP contribution in [0.1, 0.15) is 32.1 Å². The van der Waals surface area contributed by atoms with Crippen molar-refractivity contribution >= 4 is 11.9 Å². The predicted octanol–water partition coefficient (Wildman–Crippen LogP) is 2.35. The third-order valence-electron chi connectivity index (χ3n) is 2.83. The summed E-state index contributed by atoms with van der Waals surface area (Å²) in [7, 11) is 0. The quantitative estimate of drug-likeness (QED) is 0.419. The minimum Gasteiger partial charge on any atom is -0.422 e. The highest BCUT2D eigenvalue weighted by molar-refractivity contribution is 5.83. The number of hydrogen-bond acceptors (Lipinski definition) is 4. The van der Waals surface area contributed by atoms with E-state index in [4.69, 9.17) is 9.47 Å². The molecule has 1 fully saturated rings. The molecule has 4 heteroatoms. The SMILES string of the molecule is C=CC(=O)OC(OC(=O)C=C)C1CCCCC1. The van der Waals surface area contributed by atoms with Crippen LogP contribution in [0.25, 0.3) is 0 Å². The van der Waals surface area contributed by atoms with Gasteiger partial charge in [0.1, 0.15) is 0 Å². The Morgan fingerprint density at radius 3 is 1.88 bits per heavy atom. The van der Waals surface area contributed by atoms with Gasteiger partial charge in [-0.05, 0) is 12.8 Å². The number of rotatable bonds is 5. The van der Waals surface area contributed by atoms with E-state index < -0.39 is 18.2 Å². The van der Waals surface area contributed by atoms with E-state index in [-0.39, 0.29) is 5.92 Å². The van der Waals surface area contributed by atoms with Crippen LogP contribution in [0.4, 0.5) is 0 Å². The molecule has 0 spiro atoms. The van der Waals surface area contributed by atoms with Crippen LogP contribution in [0.2, 0.25) is 0 Å². The number of carbonyl (C=O) groups excluding carboxylic acids is 2. The summed E-state index contributed by atoms with van der Waals surface area (Å²) in [5, 5.41) is 0. The number of ether oxygens (including phenoxy) is 2. The standard InChI is InChI=1S/C13H18O4/c1-3-11(14)16-13(17-12(15)4-2)10-8-6-5-7-9-10/h3-4,10,13H,1-2,5-9H2. The van der Waals surface area contributed by atoms with Gasteiger partial charge < -0.3 is 9.47 Å². The maximum absolute atomic E-state index is 11.2. The molecule has 0 radical (unpaired) electrons. The first kappa shape index (κ1) is 13.5. The van der Waals surface area contributed by atoms with Gasteiger partial charge in [0, 0.05) is 18.1 Å². The molecule has 0 amide bonds. The Labute approximate surface area is 101 Å². The fraction of sp³-hybridized carbons (Fsp3) is 0.538. The van der Waals surface area contributed by atoms with E-state index in [9.17, 15) is 9.59 Å². The number of hydrogen-bond donors (Lipinski definition) is 0. The first-order chi connectivity index (χ1) is 8.17. The monoisotopic (exact) mass is 238 g/mol. The smallest absolute Gasteiger partial charge is 0.333 e. The highest BCUT2D eigenvalue weighted by atomic mass is 16.7. The van der Waals surface area contributed by atoms with Crippen LogP contribution in [0.3, 0.4) is 0 Å². The Morgan fingerprint density at radius 2 is 1.47 bits per heavy atom. The summed E-state index contributed by atoms with van der Waals surface area (Å²) in [5.41, 5.74) is 0. The van der Waals surface area contributed by atoms with E-state index >= 15 is 0 Å². The van der Waals surface area contributed by atoms with E-state index in [0.29, 0.717) is 0 Å². The zero-order chi connectivity index (χ0) is 12.7. The zero-order valence-corrected chi connectivity index (χ0v) is 9.89. The fourth-order valence-corrected chi connectivity index (χ4v) is 1.95. The predicted molar refractivity (Wildman–Crippen MR) is 62.9 cm³/mol. The minimum absolute atomic E-state index is 0.0801. The van der Waals surface area contributed by atoms with Gasteiger partial charge in [0.2, 0.25) is 0 Å². The molecule has 0 aromatic carbocycles. The maximum atomic E-state index is 11.2. The molecule has 0 aromatic heterocycles. The second-order valence-corrected chi connectivity index (χ2v) is 4.05. The van der Waals surface area contributed by atoms with Gasteiger partial charge in [-0.25, -0.2) is 9.59 Å². The molecule has 0 atom stereocenters. The van der Waals surface area contributed by atoms with Gasteiger partial charge in [0.15, 0.2) is 0 Å². The van der Waals surface area contributed by atoms with E-state index in [1.807, 2.05) is 0 Å². The molecule has 1 rings (SSSR count). The van der Waals surface area contributed by atoms with Crippen molar-refractivity contribution in [2.24, 2.45) is 5.92 Å². The normalized spacial score (nSPS) is 16.3. The van der Waals surface area contributed by atoms with Crippen molar-refractivity contribution in [3.8, 4) is 0 Å². The topological polar surface area (TPSA) is 52.6 Å². The fourth-order valence-electron chi connectivity index (χ4n) is 1.95. The first-order valence-corrected chi connectivity index (χ1v) is 5.83. The molecule has 0 unspecified atom stereocenters. The highest BCUT2D eigenvalue weighted by Gasteiger charge is 2.29. The summed E-state index contributed by atoms with van der Waals surface area (Å²) in [6.07, 6.45) is 6.44. The van der Waals surface area contributed by atoms with E-state index in [2.05, 4.69) is 13.2 Å². The van der Waals surface area contributed by atoms with Crippen molar-refractivity contribution in [1.82, 2.24) is 0 Å². The van der Waals surface area contributed by atoms with Crippen molar-refractivity contribution in [2.75, 3.05) is 0 Å². The third kappa shape index (κ3) is 4.43. The van der Waals surface area contributed by atoms with Crippen molar-refractivity contribution in [3.05, 3.63) is 25.3 Å². The molecule has 1 aliphatic carbocycles. The Hall–Kier alpha value is -1.58. The van der Waals surface area contributed by atoms with Gasteiger partial charge in [-0.1, -0.05) is 32.4 Å². The summed E-state index contributed by atoms with van der Waals surface area (Å²) in [5.74, 6) is -1.06. The average molecular weight is 238 g/mol. The lowest BCUT2D eigenvalue weighted by Gasteiger charge is -2.28. The lowest BCUT2D eigenvalue weighted by atomic mass is 9.89. The van der Waals surface area contributed by atoms with E-state index in [1.165, 1.54) is 6.42 Å². The Bertz CT molecular complexity index is 281. The second kappa shape index (κ2) is 6.89. The molecular weight excluding hydrogens is 220 g/mol. The van der Waals surface area contributed by atoms with Crippen LogP contribution in [-0.4, -0.2) is 18.2 Å². The molecule has 1 aliphatic rings. The Balaban J connectivity index is 2.62. The van der Waals surface area contributed by atoms with Crippen molar-refractivity contribution in [1.29, 1.82) is 0 Å². The van der Waals surface area contributed by atoms with E-state index in [1.54, 1.807) is 0 Å². The lowest BCUT2D eigenvalue weighted by molar-refractivity contribution is -0.193. The molecule has 4 nitrogen and oxygen atoms in total. The third-order valence-corrected chi connectivity index (χ3v) is 2.83. The average Bonchev–Trinajstić information content (AvgIpc) is 2.38. The Kier molecular flexibility index (Phi) is 5.46. The summed E-state index contributed by atoms with van der Waals surface area (Å²) in [4.78, 5) is 22.4. The summed E-state index contributed by atoms with van der Waals surface area (Å²) in [6.45, 7) is 6.65. The van der Waals surface area contributed by atoms with Crippen molar-refractivity contribution < 1.29 is 19.1 Å².